The van der Waals surface area contributed by atoms with E-state index in [1.54, 1.807) is 0 Å². The second kappa shape index (κ2) is 3.29. The monoisotopic (exact) mass is 135 g/mol. The molecule has 0 aromatic carbocycles. The zero-order valence-electron chi connectivity index (χ0n) is 4.54. The van der Waals surface area contributed by atoms with Gasteiger partial charge in [0.2, 0.25) is 0 Å². The molecule has 0 unspecified atom stereocenters. The molecule has 3 nitrogen and oxygen atoms in total. The molecule has 0 atom stereocenters. The highest BCUT2D eigenvalue weighted by Gasteiger charge is 2.08. The summed E-state index contributed by atoms with van der Waals surface area (Å²) < 4.78 is 15.4. The average molecular weight is 135 g/mol. The quantitative estimate of drug-likeness (QED) is 0.418. The van der Waals surface area contributed by atoms with Crippen LogP contribution in [0.4, 0.5) is 0 Å². The van der Waals surface area contributed by atoms with Crippen molar-refractivity contribution >= 4 is 12.2 Å². The predicted octanol–water partition coefficient (Wildman–Crippen LogP) is 0.440. The summed E-state index contributed by atoms with van der Waals surface area (Å²) in [6.45, 7) is 3.16. The lowest BCUT2D eigenvalue weighted by Crippen LogP contribution is -2.30. The molecule has 1 N–H and O–H groups in total. The molecule has 1 heterocycles. The second-order valence-electron chi connectivity index (χ2n) is 1.62. The van der Waals surface area contributed by atoms with Gasteiger partial charge in [0.05, 0.1) is 25.4 Å². The molecular formula is C4H9NO2S. The van der Waals surface area contributed by atoms with Gasteiger partial charge in [-0.05, 0) is 0 Å². The normalized spacial score (nSPS) is 23.6. The molecule has 4 heteroatoms. The Morgan fingerprint density at radius 1 is 1.38 bits per heavy atom. The van der Waals surface area contributed by atoms with Gasteiger partial charge in [-0.3, -0.25) is 0 Å². The zero-order chi connectivity index (χ0) is 5.82. The molecule has 0 radical (unpaired) electrons. The van der Waals surface area contributed by atoms with Crippen molar-refractivity contribution in [2.75, 3.05) is 26.3 Å². The second-order valence-corrected chi connectivity index (χ2v) is 2.30. The first kappa shape index (κ1) is 6.35. The maximum absolute atomic E-state index is 8.48. The first-order valence-electron chi connectivity index (χ1n) is 2.57. The van der Waals surface area contributed by atoms with E-state index in [1.807, 2.05) is 4.31 Å². The number of rotatable bonds is 1. The first-order valence-corrected chi connectivity index (χ1v) is 3.31. The van der Waals surface area contributed by atoms with Crippen molar-refractivity contribution in [3.05, 3.63) is 0 Å². The highest BCUT2D eigenvalue weighted by Crippen LogP contribution is 2.05. The zero-order valence-corrected chi connectivity index (χ0v) is 5.36. The van der Waals surface area contributed by atoms with E-state index in [1.165, 1.54) is 0 Å². The molecule has 0 amide bonds. The Hall–Kier alpha value is 0.230. The lowest BCUT2D eigenvalue weighted by Gasteiger charge is -2.21. The Morgan fingerprint density at radius 2 is 2.00 bits per heavy atom. The van der Waals surface area contributed by atoms with E-state index in [-0.39, 0.29) is 0 Å². The third kappa shape index (κ3) is 1.63. The molecule has 0 saturated carbocycles. The van der Waals surface area contributed by atoms with Crippen LogP contribution in [0, 0.1) is 0 Å². The summed E-state index contributed by atoms with van der Waals surface area (Å²) in [7, 11) is 0. The SMILES string of the molecule is OSN1CCOCC1. The fourth-order valence-corrected chi connectivity index (χ4v) is 0.941. The number of morpholine rings is 1. The molecular weight excluding hydrogens is 126 g/mol. The molecule has 1 aliphatic heterocycles. The summed E-state index contributed by atoms with van der Waals surface area (Å²) >= 11 is 0.799. The topological polar surface area (TPSA) is 32.7 Å². The number of hydrogen-bond donors (Lipinski definition) is 1. The van der Waals surface area contributed by atoms with Gasteiger partial charge in [0.1, 0.15) is 0 Å². The molecule has 1 aliphatic rings. The van der Waals surface area contributed by atoms with Gasteiger partial charge in [0, 0.05) is 13.1 Å². The van der Waals surface area contributed by atoms with Crippen LogP contribution in [0.3, 0.4) is 0 Å². The molecule has 1 rings (SSSR count). The van der Waals surface area contributed by atoms with Crippen molar-refractivity contribution in [3.63, 3.8) is 0 Å². The predicted molar refractivity (Wildman–Crippen MR) is 32.6 cm³/mol. The summed E-state index contributed by atoms with van der Waals surface area (Å²) in [6.07, 6.45) is 0. The lowest BCUT2D eigenvalue weighted by molar-refractivity contribution is 0.0753. The van der Waals surface area contributed by atoms with Gasteiger partial charge in [0.25, 0.3) is 0 Å². The van der Waals surface area contributed by atoms with E-state index in [4.69, 9.17) is 9.29 Å². The van der Waals surface area contributed by atoms with Gasteiger partial charge >= 0.3 is 0 Å². The Labute approximate surface area is 53.0 Å². The van der Waals surface area contributed by atoms with Crippen LogP contribution < -0.4 is 0 Å². The first-order chi connectivity index (χ1) is 3.93. The van der Waals surface area contributed by atoms with Crippen molar-refractivity contribution in [1.82, 2.24) is 4.31 Å². The van der Waals surface area contributed by atoms with Gasteiger partial charge in [-0.25, -0.2) is 4.31 Å². The maximum atomic E-state index is 8.48. The number of ether oxygens (including phenoxy) is 1. The van der Waals surface area contributed by atoms with E-state index in [0.717, 1.165) is 38.5 Å². The fraction of sp³-hybridized carbons (Fsp3) is 1.00. The minimum atomic E-state index is 0.744. The lowest BCUT2D eigenvalue weighted by atomic mass is 10.5. The maximum Gasteiger partial charge on any atom is 0.0791 e. The minimum absolute atomic E-state index is 0.744. The van der Waals surface area contributed by atoms with Gasteiger partial charge in [-0.2, -0.15) is 0 Å². The van der Waals surface area contributed by atoms with Crippen molar-refractivity contribution in [3.8, 4) is 0 Å². The standard InChI is InChI=1S/C4H9NO2S/c6-8-5-1-3-7-4-2-5/h6H,1-4H2. The summed E-state index contributed by atoms with van der Waals surface area (Å²) in [5.74, 6) is 0. The Bertz CT molecular complexity index is 65.1. The van der Waals surface area contributed by atoms with Crippen molar-refractivity contribution < 1.29 is 9.29 Å². The molecule has 0 aromatic rings. The van der Waals surface area contributed by atoms with Crippen LogP contribution in [0.15, 0.2) is 0 Å². The van der Waals surface area contributed by atoms with Crippen molar-refractivity contribution in [1.29, 1.82) is 0 Å². The molecule has 0 bridgehead atoms. The van der Waals surface area contributed by atoms with E-state index >= 15 is 0 Å². The molecule has 8 heavy (non-hydrogen) atoms. The molecule has 1 saturated heterocycles. The van der Waals surface area contributed by atoms with Gasteiger partial charge in [-0.15, -0.1) is 0 Å². The van der Waals surface area contributed by atoms with E-state index < -0.39 is 0 Å². The molecule has 0 spiro atoms. The number of hydrogen-bond acceptors (Lipinski definition) is 4. The van der Waals surface area contributed by atoms with Crippen LogP contribution in [-0.4, -0.2) is 35.2 Å². The average Bonchev–Trinajstić information content (AvgIpc) is 1.90. The minimum Gasteiger partial charge on any atom is -0.379 e. The van der Waals surface area contributed by atoms with Gasteiger partial charge < -0.3 is 9.29 Å². The Balaban J connectivity index is 2.13. The highest BCUT2D eigenvalue weighted by molar-refractivity contribution is 7.91. The van der Waals surface area contributed by atoms with Crippen LogP contribution in [0.2, 0.25) is 0 Å². The smallest absolute Gasteiger partial charge is 0.0791 e. The molecule has 0 aromatic heterocycles. The summed E-state index contributed by atoms with van der Waals surface area (Å²) in [5.41, 5.74) is 0. The molecule has 0 aliphatic carbocycles. The fourth-order valence-electron chi connectivity index (χ4n) is 0.628. The van der Waals surface area contributed by atoms with E-state index in [0.29, 0.717) is 0 Å². The van der Waals surface area contributed by atoms with Gasteiger partial charge in [-0.1, -0.05) is 0 Å². The van der Waals surface area contributed by atoms with Crippen molar-refractivity contribution in [2.45, 2.75) is 0 Å². The third-order valence-corrected chi connectivity index (χ3v) is 1.68. The van der Waals surface area contributed by atoms with Crippen LogP contribution in [0.1, 0.15) is 0 Å². The van der Waals surface area contributed by atoms with Crippen LogP contribution in [0.5, 0.6) is 0 Å². The highest BCUT2D eigenvalue weighted by atomic mass is 32.2. The van der Waals surface area contributed by atoms with Crippen LogP contribution >= 0.6 is 12.2 Å². The van der Waals surface area contributed by atoms with E-state index in [9.17, 15) is 0 Å². The number of nitrogens with zero attached hydrogens (tertiary/aromatic N) is 1. The third-order valence-electron chi connectivity index (χ3n) is 1.09. The molecule has 48 valence electrons. The van der Waals surface area contributed by atoms with Crippen molar-refractivity contribution in [2.24, 2.45) is 0 Å². The largest absolute Gasteiger partial charge is 0.379 e. The van der Waals surface area contributed by atoms with Crippen LogP contribution in [-0.2, 0) is 4.74 Å². The van der Waals surface area contributed by atoms with Gasteiger partial charge in [0.15, 0.2) is 0 Å². The van der Waals surface area contributed by atoms with Crippen LogP contribution in [0.25, 0.3) is 0 Å². The molecule has 1 fully saturated rings. The summed E-state index contributed by atoms with van der Waals surface area (Å²) in [5, 5.41) is 0. The summed E-state index contributed by atoms with van der Waals surface area (Å²) in [4.78, 5) is 0. The Morgan fingerprint density at radius 3 is 2.38 bits per heavy atom. The van der Waals surface area contributed by atoms with E-state index in [2.05, 4.69) is 0 Å². The Kier molecular flexibility index (Phi) is 2.62. The summed E-state index contributed by atoms with van der Waals surface area (Å²) in [6, 6.07) is 0.